The van der Waals surface area contributed by atoms with Gasteiger partial charge in [-0.25, -0.2) is 0 Å². The van der Waals surface area contributed by atoms with E-state index in [1.165, 1.54) is 10.8 Å². The first kappa shape index (κ1) is 10.1. The van der Waals surface area contributed by atoms with Gasteiger partial charge in [0.1, 0.15) is 0 Å². The molecule has 64 valence electrons. The minimum absolute atomic E-state index is 1.31. The Bertz CT molecular complexity index is 243. The highest BCUT2D eigenvalue weighted by molar-refractivity contribution is 7.54. The van der Waals surface area contributed by atoms with Crippen molar-refractivity contribution in [3.05, 3.63) is 36.4 Å². The lowest BCUT2D eigenvalue weighted by molar-refractivity contribution is 1.76. The molecule has 0 saturated carbocycles. The maximum atomic E-state index is 4.94. The van der Waals surface area contributed by atoms with Gasteiger partial charge in [-0.3, -0.25) is 0 Å². The van der Waals surface area contributed by atoms with Crippen LogP contribution >= 0.6 is 33.2 Å². The Morgan fingerprint density at radius 3 is 0.917 bits per heavy atom. The minimum Gasteiger partial charge on any atom is -0.130 e. The van der Waals surface area contributed by atoms with E-state index in [0.29, 0.717) is 0 Å². The Labute approximate surface area is 87.1 Å². The fraction of sp³-hybridized carbons (Fsp3) is 0. The lowest BCUT2D eigenvalue weighted by Gasteiger charge is -1.92. The Morgan fingerprint density at radius 1 is 0.667 bits per heavy atom. The maximum Gasteiger partial charge on any atom is 0.326 e. The van der Waals surface area contributed by atoms with Gasteiger partial charge in [0.2, 0.25) is 0 Å². The van der Waals surface area contributed by atoms with Crippen LogP contribution in [0.25, 0.3) is 10.8 Å². The van der Waals surface area contributed by atoms with Crippen molar-refractivity contribution < 1.29 is 0 Å². The van der Waals surface area contributed by atoms with Gasteiger partial charge >= 0.3 is 6.73 Å². The fourth-order valence-electron chi connectivity index (χ4n) is 0.911. The van der Waals surface area contributed by atoms with Crippen LogP contribution in [0, 0.1) is 0 Å². The average molecular weight is 238 g/mol. The van der Waals surface area contributed by atoms with Gasteiger partial charge in [0.25, 0.3) is 0 Å². The molecule has 0 nitrogen and oxygen atoms in total. The van der Waals surface area contributed by atoms with Crippen LogP contribution in [0.15, 0.2) is 36.4 Å². The van der Waals surface area contributed by atoms with Crippen molar-refractivity contribution in [3.8, 4) is 0 Å². The molecule has 3 aromatic carbocycles. The molecule has 3 rings (SSSR count). The summed E-state index contributed by atoms with van der Waals surface area (Å²) in [7, 11) is 0. The first-order valence-corrected chi connectivity index (χ1v) is 8.62. The van der Waals surface area contributed by atoms with E-state index in [-0.39, 0.29) is 0 Å². The molecule has 0 N–H and O–H groups in total. The highest BCUT2D eigenvalue weighted by atomic mass is 35.8. The Balaban J connectivity index is 0.000000157. The summed E-state index contributed by atoms with van der Waals surface area (Å²) in [6.45, 7) is -1.72. The SMILES string of the molecule is Cl[SiH](Cl)Cl.c1cc2ccc1cc2. The normalized spacial score (nSPS) is 10.0. The summed E-state index contributed by atoms with van der Waals surface area (Å²) in [6, 6.07) is 12.7. The minimum atomic E-state index is -1.72. The van der Waals surface area contributed by atoms with E-state index in [1.807, 2.05) is 0 Å². The standard InChI is InChI=1S/C8H6.Cl3HSi/c1-2-8-5-3-7(1)4-6-8;1-4(2)3/h1-6H;4H. The molecule has 0 saturated heterocycles. The van der Waals surface area contributed by atoms with Crippen molar-refractivity contribution in [2.24, 2.45) is 0 Å². The van der Waals surface area contributed by atoms with Crippen LogP contribution in [0.5, 0.6) is 0 Å². The van der Waals surface area contributed by atoms with Crippen LogP contribution in [0.3, 0.4) is 0 Å². The maximum absolute atomic E-state index is 4.94. The number of benzene rings is 3. The molecular weight excluding hydrogens is 231 g/mol. The van der Waals surface area contributed by atoms with Crippen LogP contribution in [0.1, 0.15) is 0 Å². The van der Waals surface area contributed by atoms with E-state index in [0.717, 1.165) is 0 Å². The zero-order valence-corrected chi connectivity index (χ0v) is 9.60. The third kappa shape index (κ3) is 3.63. The lowest BCUT2D eigenvalue weighted by Crippen LogP contribution is -1.67. The molecule has 0 aromatic heterocycles. The topological polar surface area (TPSA) is 0 Å². The summed E-state index contributed by atoms with van der Waals surface area (Å²) in [5, 5.41) is 2.61. The molecule has 2 bridgehead atoms. The molecule has 0 aliphatic carbocycles. The fourth-order valence-corrected chi connectivity index (χ4v) is 0.911. The van der Waals surface area contributed by atoms with Gasteiger partial charge in [-0.05, 0) is 10.8 Å². The number of rotatable bonds is 0. The van der Waals surface area contributed by atoms with Gasteiger partial charge in [0, 0.05) is 0 Å². The largest absolute Gasteiger partial charge is 0.326 e. The predicted octanol–water partition coefficient (Wildman–Crippen LogP) is 3.70. The zero-order valence-electron chi connectivity index (χ0n) is 6.18. The third-order valence-corrected chi connectivity index (χ3v) is 1.40. The molecule has 4 heteroatoms. The second-order valence-electron chi connectivity index (χ2n) is 2.25. The molecule has 0 aliphatic rings. The third-order valence-electron chi connectivity index (χ3n) is 1.40. The van der Waals surface area contributed by atoms with Gasteiger partial charge in [0.05, 0.1) is 0 Å². The van der Waals surface area contributed by atoms with E-state index < -0.39 is 6.73 Å². The van der Waals surface area contributed by atoms with Gasteiger partial charge in [-0.1, -0.05) is 36.4 Å². The Morgan fingerprint density at radius 2 is 0.833 bits per heavy atom. The van der Waals surface area contributed by atoms with E-state index in [1.54, 1.807) is 0 Å². The molecule has 0 heterocycles. The zero-order chi connectivity index (χ0) is 8.97. The van der Waals surface area contributed by atoms with E-state index in [9.17, 15) is 0 Å². The Kier molecular flexibility index (Phi) is 4.16. The monoisotopic (exact) mass is 236 g/mol. The average Bonchev–Trinajstić information content (AvgIpc) is 2.07. The molecule has 0 unspecified atom stereocenters. The molecule has 0 atom stereocenters. The van der Waals surface area contributed by atoms with Crippen LogP contribution < -0.4 is 0 Å². The number of hydrogen-bond acceptors (Lipinski definition) is 0. The summed E-state index contributed by atoms with van der Waals surface area (Å²) in [6.07, 6.45) is 0. The molecule has 0 fully saturated rings. The van der Waals surface area contributed by atoms with Gasteiger partial charge < -0.3 is 0 Å². The van der Waals surface area contributed by atoms with Gasteiger partial charge in [-0.15, -0.1) is 33.2 Å². The molecule has 0 radical (unpaired) electrons. The number of halogens is 3. The van der Waals surface area contributed by atoms with Crippen molar-refractivity contribution in [1.29, 1.82) is 0 Å². The van der Waals surface area contributed by atoms with Crippen molar-refractivity contribution in [2.45, 2.75) is 0 Å². The summed E-state index contributed by atoms with van der Waals surface area (Å²) in [5.74, 6) is 0. The van der Waals surface area contributed by atoms with Crippen molar-refractivity contribution in [3.63, 3.8) is 0 Å². The second kappa shape index (κ2) is 4.93. The smallest absolute Gasteiger partial charge is 0.130 e. The first-order valence-electron chi connectivity index (χ1n) is 3.39. The van der Waals surface area contributed by atoms with Crippen LogP contribution in [0.2, 0.25) is 0 Å². The van der Waals surface area contributed by atoms with Gasteiger partial charge in [0.15, 0.2) is 0 Å². The van der Waals surface area contributed by atoms with Crippen molar-refractivity contribution in [2.75, 3.05) is 0 Å². The van der Waals surface area contributed by atoms with Crippen LogP contribution in [-0.2, 0) is 0 Å². The summed E-state index contributed by atoms with van der Waals surface area (Å²) in [4.78, 5) is 0. The highest BCUT2D eigenvalue weighted by Crippen LogP contribution is 2.09. The highest BCUT2D eigenvalue weighted by Gasteiger charge is 1.85. The van der Waals surface area contributed by atoms with Crippen LogP contribution in [0.4, 0.5) is 0 Å². The number of hydrogen-bond donors (Lipinski definition) is 0. The lowest BCUT2D eigenvalue weighted by atomic mass is 10.1. The second-order valence-corrected chi connectivity index (χ2v) is 8.68. The summed E-state index contributed by atoms with van der Waals surface area (Å²) >= 11 is 14.8. The quantitative estimate of drug-likeness (QED) is 0.484. The molecule has 0 aliphatic heterocycles. The van der Waals surface area contributed by atoms with Crippen molar-refractivity contribution >= 4 is 50.7 Å². The Hall–Kier alpha value is 0.0469. The molecule has 0 amide bonds. The molecule has 3 aromatic rings. The van der Waals surface area contributed by atoms with Gasteiger partial charge in [-0.2, -0.15) is 0 Å². The number of fused-ring (bicyclic) bond motifs is 3. The van der Waals surface area contributed by atoms with E-state index >= 15 is 0 Å². The predicted molar refractivity (Wildman–Crippen MR) is 59.8 cm³/mol. The molecule has 12 heavy (non-hydrogen) atoms. The van der Waals surface area contributed by atoms with Crippen molar-refractivity contribution in [1.82, 2.24) is 0 Å². The van der Waals surface area contributed by atoms with E-state index in [2.05, 4.69) is 36.4 Å². The van der Waals surface area contributed by atoms with E-state index in [4.69, 9.17) is 33.2 Å². The molecule has 0 spiro atoms. The summed E-state index contributed by atoms with van der Waals surface area (Å²) < 4.78 is 0. The first-order chi connectivity index (χ1) is 5.68. The van der Waals surface area contributed by atoms with Crippen LogP contribution in [-0.4, -0.2) is 6.73 Å². The molecular formula is C8H7Cl3Si. The summed E-state index contributed by atoms with van der Waals surface area (Å²) in [5.41, 5.74) is 0.